The third-order valence-corrected chi connectivity index (χ3v) is 5.89. The fourth-order valence-corrected chi connectivity index (χ4v) is 3.86. The zero-order valence-electron chi connectivity index (χ0n) is 21.5. The van der Waals surface area contributed by atoms with Crippen LogP contribution in [0.15, 0.2) is 12.2 Å². The lowest BCUT2D eigenvalue weighted by Crippen LogP contribution is -2.10. The van der Waals surface area contributed by atoms with Crippen LogP contribution in [0.25, 0.3) is 0 Å². The van der Waals surface area contributed by atoms with Crippen LogP contribution in [0.4, 0.5) is 0 Å². The van der Waals surface area contributed by atoms with Crippen molar-refractivity contribution in [3.8, 4) is 0 Å². The number of carbonyl (C=O) groups excluding carboxylic acids is 2. The maximum atomic E-state index is 11.6. The van der Waals surface area contributed by atoms with Gasteiger partial charge in [0.25, 0.3) is 0 Å². The molecule has 0 saturated heterocycles. The fourth-order valence-electron chi connectivity index (χ4n) is 3.86. The first kappa shape index (κ1) is 30.7. The van der Waals surface area contributed by atoms with Gasteiger partial charge in [-0.05, 0) is 18.8 Å². The lowest BCUT2D eigenvalue weighted by atomic mass is 10.0. The zero-order chi connectivity index (χ0) is 23.7. The molecule has 188 valence electrons. The molecule has 0 saturated carbocycles. The molecule has 0 aromatic rings. The maximum Gasteiger partial charge on any atom is 0.331 e. The summed E-state index contributed by atoms with van der Waals surface area (Å²) in [6.07, 6.45) is 25.6. The first-order valence-electron chi connectivity index (χ1n) is 13.6. The van der Waals surface area contributed by atoms with Gasteiger partial charge in [-0.2, -0.15) is 0 Å². The first-order chi connectivity index (χ1) is 15.6. The first-order valence-corrected chi connectivity index (χ1v) is 13.6. The molecule has 1 atom stereocenters. The van der Waals surface area contributed by atoms with Crippen LogP contribution in [0.2, 0.25) is 0 Å². The third kappa shape index (κ3) is 23.3. The monoisotopic (exact) mass is 452 g/mol. The van der Waals surface area contributed by atoms with Crippen molar-refractivity contribution in [3.63, 3.8) is 0 Å². The van der Waals surface area contributed by atoms with Crippen molar-refractivity contribution in [1.29, 1.82) is 0 Å². The average Bonchev–Trinajstić information content (AvgIpc) is 2.78. The SMILES string of the molecule is CCCCCCCCCCCCCCCCCCOC(=O)/C=C/C(=O)OCC(C)CCC. The van der Waals surface area contributed by atoms with Gasteiger partial charge in [0.1, 0.15) is 0 Å². The van der Waals surface area contributed by atoms with Crippen molar-refractivity contribution in [3.05, 3.63) is 12.2 Å². The van der Waals surface area contributed by atoms with Crippen LogP contribution in [-0.4, -0.2) is 25.2 Å². The molecule has 0 aliphatic heterocycles. The van der Waals surface area contributed by atoms with Crippen molar-refractivity contribution in [2.24, 2.45) is 5.92 Å². The Bertz CT molecular complexity index is 458. The summed E-state index contributed by atoms with van der Waals surface area (Å²) in [4.78, 5) is 23.2. The maximum absolute atomic E-state index is 11.6. The van der Waals surface area contributed by atoms with Gasteiger partial charge in [-0.15, -0.1) is 0 Å². The minimum absolute atomic E-state index is 0.346. The third-order valence-electron chi connectivity index (χ3n) is 5.89. The highest BCUT2D eigenvalue weighted by molar-refractivity contribution is 5.91. The lowest BCUT2D eigenvalue weighted by molar-refractivity contribution is -0.141. The summed E-state index contributed by atoms with van der Waals surface area (Å²) in [5.41, 5.74) is 0. The molecule has 0 heterocycles. The molecule has 0 aliphatic carbocycles. The van der Waals surface area contributed by atoms with Crippen LogP contribution >= 0.6 is 0 Å². The highest BCUT2D eigenvalue weighted by Crippen LogP contribution is 2.13. The van der Waals surface area contributed by atoms with Crippen molar-refractivity contribution >= 4 is 11.9 Å². The molecule has 0 spiro atoms. The zero-order valence-corrected chi connectivity index (χ0v) is 21.5. The molecule has 4 heteroatoms. The van der Waals surface area contributed by atoms with Crippen molar-refractivity contribution < 1.29 is 19.1 Å². The summed E-state index contributed by atoms with van der Waals surface area (Å²) in [6.45, 7) is 7.24. The predicted molar refractivity (Wildman–Crippen MR) is 135 cm³/mol. The normalized spacial score (nSPS) is 12.2. The number of hydrogen-bond acceptors (Lipinski definition) is 4. The average molecular weight is 453 g/mol. The molecule has 1 unspecified atom stereocenters. The molecule has 0 bridgehead atoms. The van der Waals surface area contributed by atoms with E-state index in [1.54, 1.807) is 0 Å². The van der Waals surface area contributed by atoms with E-state index in [1.165, 1.54) is 96.0 Å². The van der Waals surface area contributed by atoms with E-state index in [4.69, 9.17) is 9.47 Å². The van der Waals surface area contributed by atoms with Crippen LogP contribution in [0.3, 0.4) is 0 Å². The van der Waals surface area contributed by atoms with E-state index in [1.807, 2.05) is 6.92 Å². The molecule has 4 nitrogen and oxygen atoms in total. The van der Waals surface area contributed by atoms with Gasteiger partial charge < -0.3 is 9.47 Å². The van der Waals surface area contributed by atoms with Crippen LogP contribution < -0.4 is 0 Å². The molecule has 0 aromatic carbocycles. The Balaban J connectivity index is 3.35. The summed E-state index contributed by atoms with van der Waals surface area (Å²) >= 11 is 0. The number of rotatable bonds is 23. The fraction of sp³-hybridized carbons (Fsp3) is 0.857. The van der Waals surface area contributed by atoms with E-state index in [2.05, 4.69) is 13.8 Å². The minimum Gasteiger partial charge on any atom is -0.463 e. The Morgan fingerprint density at radius 3 is 1.44 bits per heavy atom. The highest BCUT2D eigenvalue weighted by Gasteiger charge is 2.05. The van der Waals surface area contributed by atoms with E-state index in [0.717, 1.165) is 31.8 Å². The Kier molecular flexibility index (Phi) is 23.3. The van der Waals surface area contributed by atoms with Gasteiger partial charge in [0.2, 0.25) is 0 Å². The minimum atomic E-state index is -0.479. The summed E-state index contributed by atoms with van der Waals surface area (Å²) in [7, 11) is 0. The molecule has 0 radical (unpaired) electrons. The highest BCUT2D eigenvalue weighted by atomic mass is 16.5. The van der Waals surface area contributed by atoms with Crippen molar-refractivity contribution in [2.45, 2.75) is 136 Å². The number of carbonyl (C=O) groups is 2. The standard InChI is InChI=1S/C28H52O4/c1-4-6-7-8-9-10-11-12-13-14-15-16-17-18-19-20-24-31-27(29)22-23-28(30)32-25-26(3)21-5-2/h22-23,26H,4-21,24-25H2,1-3H3/b23-22+. The van der Waals surface area contributed by atoms with Gasteiger partial charge in [-0.1, -0.05) is 124 Å². The number of hydrogen-bond donors (Lipinski definition) is 0. The topological polar surface area (TPSA) is 52.6 Å². The summed E-state index contributed by atoms with van der Waals surface area (Å²) in [5.74, 6) is -0.601. The van der Waals surface area contributed by atoms with Crippen LogP contribution in [0.5, 0.6) is 0 Å². The molecular formula is C28H52O4. The predicted octanol–water partition coefficient (Wildman–Crippen LogP) is 8.33. The van der Waals surface area contributed by atoms with Gasteiger partial charge in [0, 0.05) is 12.2 Å². The molecule has 32 heavy (non-hydrogen) atoms. The van der Waals surface area contributed by atoms with Crippen molar-refractivity contribution in [2.75, 3.05) is 13.2 Å². The second-order valence-electron chi connectivity index (χ2n) is 9.33. The van der Waals surface area contributed by atoms with E-state index in [9.17, 15) is 9.59 Å². The van der Waals surface area contributed by atoms with Crippen LogP contribution in [0.1, 0.15) is 136 Å². The second kappa shape index (κ2) is 24.3. The smallest absolute Gasteiger partial charge is 0.331 e. The van der Waals surface area contributed by atoms with E-state index in [0.29, 0.717) is 19.1 Å². The quantitative estimate of drug-likeness (QED) is 0.0888. The van der Waals surface area contributed by atoms with Gasteiger partial charge >= 0.3 is 11.9 Å². The molecule has 0 fully saturated rings. The molecule has 0 aromatic heterocycles. The van der Waals surface area contributed by atoms with Crippen LogP contribution in [-0.2, 0) is 19.1 Å². The summed E-state index contributed by atoms with van der Waals surface area (Å²) in [5, 5.41) is 0. The summed E-state index contributed by atoms with van der Waals surface area (Å²) < 4.78 is 10.3. The van der Waals surface area contributed by atoms with E-state index in [-0.39, 0.29) is 0 Å². The number of ether oxygens (including phenoxy) is 2. The van der Waals surface area contributed by atoms with Crippen LogP contribution in [0, 0.1) is 5.92 Å². The Hall–Kier alpha value is -1.32. The van der Waals surface area contributed by atoms with Gasteiger partial charge in [0.15, 0.2) is 0 Å². The van der Waals surface area contributed by atoms with E-state index < -0.39 is 11.9 Å². The van der Waals surface area contributed by atoms with Crippen molar-refractivity contribution in [1.82, 2.24) is 0 Å². The number of esters is 2. The molecule has 0 rings (SSSR count). The lowest BCUT2D eigenvalue weighted by Gasteiger charge is -2.09. The Morgan fingerprint density at radius 1 is 0.594 bits per heavy atom. The molecule has 0 amide bonds. The largest absolute Gasteiger partial charge is 0.463 e. The van der Waals surface area contributed by atoms with E-state index >= 15 is 0 Å². The molecule has 0 N–H and O–H groups in total. The molecular weight excluding hydrogens is 400 g/mol. The Labute approximate surface area is 198 Å². The van der Waals surface area contributed by atoms with Gasteiger partial charge in [-0.25, -0.2) is 9.59 Å². The summed E-state index contributed by atoms with van der Waals surface area (Å²) in [6, 6.07) is 0. The van der Waals surface area contributed by atoms with Gasteiger partial charge in [-0.3, -0.25) is 0 Å². The van der Waals surface area contributed by atoms with Gasteiger partial charge in [0.05, 0.1) is 13.2 Å². The molecule has 0 aliphatic rings. The Morgan fingerprint density at radius 2 is 1.00 bits per heavy atom. The number of unbranched alkanes of at least 4 members (excludes halogenated alkanes) is 15. The second-order valence-corrected chi connectivity index (χ2v) is 9.33.